The second kappa shape index (κ2) is 11.6. The highest BCUT2D eigenvalue weighted by Crippen LogP contribution is 2.25. The maximum atomic E-state index is 12.4. The van der Waals surface area contributed by atoms with E-state index in [1.54, 1.807) is 12.1 Å². The third-order valence-electron chi connectivity index (χ3n) is 5.91. The van der Waals surface area contributed by atoms with E-state index in [1.807, 2.05) is 51.1 Å². The number of amides is 1. The number of aryl methyl sites for hydroxylation is 1. The highest BCUT2D eigenvalue weighted by atomic mass is 32.2. The fourth-order valence-electron chi connectivity index (χ4n) is 3.92. The molecule has 180 valence electrons. The van der Waals surface area contributed by atoms with Gasteiger partial charge in [0.25, 0.3) is 0 Å². The van der Waals surface area contributed by atoms with Crippen LogP contribution in [-0.2, 0) is 14.8 Å². The number of nitrogens with one attached hydrogen (secondary N) is 3. The molecule has 1 saturated heterocycles. The third-order valence-corrected chi connectivity index (χ3v) is 7.38. The second-order valence-corrected chi connectivity index (χ2v) is 10.7. The first-order valence-corrected chi connectivity index (χ1v) is 13.2. The van der Waals surface area contributed by atoms with Crippen LogP contribution in [0.4, 0.5) is 11.4 Å². The molecule has 0 saturated carbocycles. The molecular formula is C25H36N4O3S. The van der Waals surface area contributed by atoms with Gasteiger partial charge >= 0.3 is 0 Å². The molecule has 1 heterocycles. The molecule has 8 heteroatoms. The molecule has 1 fully saturated rings. The van der Waals surface area contributed by atoms with Gasteiger partial charge in [0.05, 0.1) is 4.90 Å². The van der Waals surface area contributed by atoms with Gasteiger partial charge in [-0.1, -0.05) is 44.0 Å². The number of hydrogen-bond acceptors (Lipinski definition) is 5. The molecule has 0 spiro atoms. The monoisotopic (exact) mass is 472 g/mol. The average molecular weight is 473 g/mol. The Labute approximate surface area is 198 Å². The Morgan fingerprint density at radius 1 is 1.15 bits per heavy atom. The standard InChI is InChI=1S/C25H36N4O3S/c1-19(2)25(30)28-21-7-6-9-22(17-21)29-16-15-26-18-23(29)8-4-5-14-27-33(31,32)24-12-10-20(3)11-13-24/h6-7,9-13,17,19,23,26-27H,4-5,8,14-16,18H2,1-3H3,(H,28,30). The molecule has 1 unspecified atom stereocenters. The Kier molecular flexibility index (Phi) is 8.88. The molecule has 3 rings (SSSR count). The van der Waals surface area contributed by atoms with E-state index in [1.165, 1.54) is 0 Å². The number of anilines is 2. The van der Waals surface area contributed by atoms with Gasteiger partial charge in [-0.15, -0.1) is 0 Å². The van der Waals surface area contributed by atoms with Gasteiger partial charge in [0.1, 0.15) is 0 Å². The molecule has 2 aromatic rings. The quantitative estimate of drug-likeness (QED) is 0.461. The van der Waals surface area contributed by atoms with Crippen molar-refractivity contribution in [1.29, 1.82) is 0 Å². The van der Waals surface area contributed by atoms with Crippen molar-refractivity contribution < 1.29 is 13.2 Å². The molecule has 1 aliphatic rings. The zero-order valence-corrected chi connectivity index (χ0v) is 20.6. The van der Waals surface area contributed by atoms with E-state index in [2.05, 4.69) is 26.3 Å². The summed E-state index contributed by atoms with van der Waals surface area (Å²) in [6.07, 6.45) is 2.66. The summed E-state index contributed by atoms with van der Waals surface area (Å²) in [5.41, 5.74) is 2.95. The van der Waals surface area contributed by atoms with Gasteiger partial charge in [0.2, 0.25) is 15.9 Å². The molecule has 1 aliphatic heterocycles. The van der Waals surface area contributed by atoms with Crippen molar-refractivity contribution in [2.24, 2.45) is 5.92 Å². The number of piperazine rings is 1. The summed E-state index contributed by atoms with van der Waals surface area (Å²) >= 11 is 0. The molecule has 3 N–H and O–H groups in total. The molecule has 7 nitrogen and oxygen atoms in total. The van der Waals surface area contributed by atoms with Crippen molar-refractivity contribution >= 4 is 27.3 Å². The number of rotatable bonds is 10. The van der Waals surface area contributed by atoms with Gasteiger partial charge in [-0.3, -0.25) is 4.79 Å². The summed E-state index contributed by atoms with van der Waals surface area (Å²) in [7, 11) is -3.46. The Morgan fingerprint density at radius 2 is 1.91 bits per heavy atom. The van der Waals surface area contributed by atoms with Gasteiger partial charge in [-0.05, 0) is 50.1 Å². The van der Waals surface area contributed by atoms with Gasteiger partial charge in [-0.25, -0.2) is 13.1 Å². The number of carbonyl (C=O) groups is 1. The summed E-state index contributed by atoms with van der Waals surface area (Å²) < 4.78 is 27.6. The molecule has 1 atom stereocenters. The smallest absolute Gasteiger partial charge is 0.240 e. The minimum absolute atomic E-state index is 0.0112. The van der Waals surface area contributed by atoms with Crippen molar-refractivity contribution in [1.82, 2.24) is 10.0 Å². The zero-order chi connectivity index (χ0) is 23.8. The number of hydrogen-bond donors (Lipinski definition) is 3. The number of nitrogens with zero attached hydrogens (tertiary/aromatic N) is 1. The maximum absolute atomic E-state index is 12.4. The van der Waals surface area contributed by atoms with E-state index in [0.717, 1.165) is 55.8 Å². The van der Waals surface area contributed by atoms with E-state index in [4.69, 9.17) is 0 Å². The van der Waals surface area contributed by atoms with E-state index < -0.39 is 10.0 Å². The summed E-state index contributed by atoms with van der Waals surface area (Å²) in [6, 6.07) is 15.2. The third kappa shape index (κ3) is 7.28. The van der Waals surface area contributed by atoms with Crippen LogP contribution in [0.5, 0.6) is 0 Å². The predicted molar refractivity (Wildman–Crippen MR) is 134 cm³/mol. The minimum Gasteiger partial charge on any atom is -0.366 e. The molecule has 33 heavy (non-hydrogen) atoms. The summed E-state index contributed by atoms with van der Waals surface area (Å²) in [5, 5.41) is 6.44. The summed E-state index contributed by atoms with van der Waals surface area (Å²) in [6.45, 7) is 8.82. The molecule has 0 radical (unpaired) electrons. The lowest BCUT2D eigenvalue weighted by atomic mass is 10.0. The number of unbranched alkanes of at least 4 members (excludes halogenated alkanes) is 1. The van der Waals surface area contributed by atoms with Gasteiger partial charge < -0.3 is 15.5 Å². The Balaban J connectivity index is 1.52. The van der Waals surface area contributed by atoms with E-state index >= 15 is 0 Å². The van der Waals surface area contributed by atoms with Gasteiger partial charge in [0, 0.05) is 49.5 Å². The topological polar surface area (TPSA) is 90.5 Å². The number of sulfonamides is 1. The van der Waals surface area contributed by atoms with Crippen LogP contribution in [0.3, 0.4) is 0 Å². The lowest BCUT2D eigenvalue weighted by molar-refractivity contribution is -0.118. The first kappa shape index (κ1) is 25.2. The van der Waals surface area contributed by atoms with E-state index in [9.17, 15) is 13.2 Å². The maximum Gasteiger partial charge on any atom is 0.240 e. The average Bonchev–Trinajstić information content (AvgIpc) is 2.79. The fraction of sp³-hybridized carbons (Fsp3) is 0.480. The molecule has 0 aromatic heterocycles. The van der Waals surface area contributed by atoms with Crippen molar-refractivity contribution in [3.63, 3.8) is 0 Å². The molecule has 0 aliphatic carbocycles. The van der Waals surface area contributed by atoms with Crippen molar-refractivity contribution in [3.05, 3.63) is 54.1 Å². The van der Waals surface area contributed by atoms with Crippen molar-refractivity contribution in [2.45, 2.75) is 51.0 Å². The number of benzene rings is 2. The van der Waals surface area contributed by atoms with E-state index in [-0.39, 0.29) is 11.8 Å². The van der Waals surface area contributed by atoms with Crippen LogP contribution in [0.1, 0.15) is 38.7 Å². The van der Waals surface area contributed by atoms with Gasteiger partial charge in [-0.2, -0.15) is 0 Å². The normalized spacial score (nSPS) is 16.7. The van der Waals surface area contributed by atoms with Crippen LogP contribution in [0.2, 0.25) is 0 Å². The van der Waals surface area contributed by atoms with Crippen LogP contribution in [-0.4, -0.2) is 46.5 Å². The van der Waals surface area contributed by atoms with Crippen LogP contribution < -0.4 is 20.3 Å². The van der Waals surface area contributed by atoms with Crippen LogP contribution in [0.25, 0.3) is 0 Å². The lowest BCUT2D eigenvalue weighted by Gasteiger charge is -2.38. The van der Waals surface area contributed by atoms with Crippen molar-refractivity contribution in [3.8, 4) is 0 Å². The van der Waals surface area contributed by atoms with Crippen molar-refractivity contribution in [2.75, 3.05) is 36.4 Å². The first-order valence-electron chi connectivity index (χ1n) is 11.7. The highest BCUT2D eigenvalue weighted by Gasteiger charge is 2.22. The summed E-state index contributed by atoms with van der Waals surface area (Å²) in [5.74, 6) is -0.0545. The predicted octanol–water partition coefficient (Wildman–Crippen LogP) is 3.52. The lowest BCUT2D eigenvalue weighted by Crippen LogP contribution is -2.51. The van der Waals surface area contributed by atoms with Gasteiger partial charge in [0.15, 0.2) is 0 Å². The molecule has 2 aromatic carbocycles. The molecule has 0 bridgehead atoms. The Hall–Kier alpha value is -2.42. The molecular weight excluding hydrogens is 436 g/mol. The van der Waals surface area contributed by atoms with Crippen LogP contribution in [0, 0.1) is 12.8 Å². The number of carbonyl (C=O) groups excluding carboxylic acids is 1. The summed E-state index contributed by atoms with van der Waals surface area (Å²) in [4.78, 5) is 14.8. The van der Waals surface area contributed by atoms with Crippen LogP contribution in [0.15, 0.2) is 53.4 Å². The SMILES string of the molecule is Cc1ccc(S(=O)(=O)NCCCCC2CNCCN2c2cccc(NC(=O)C(C)C)c2)cc1. The van der Waals surface area contributed by atoms with Crippen LogP contribution >= 0.6 is 0 Å². The first-order chi connectivity index (χ1) is 15.8. The Bertz CT molecular complexity index is 1020. The molecule has 1 amide bonds. The Morgan fingerprint density at radius 3 is 2.64 bits per heavy atom. The van der Waals surface area contributed by atoms with E-state index in [0.29, 0.717) is 17.5 Å². The minimum atomic E-state index is -3.46. The zero-order valence-electron chi connectivity index (χ0n) is 19.8. The second-order valence-electron chi connectivity index (χ2n) is 8.95. The highest BCUT2D eigenvalue weighted by molar-refractivity contribution is 7.89. The fourth-order valence-corrected chi connectivity index (χ4v) is 4.99. The largest absolute Gasteiger partial charge is 0.366 e.